The zero-order chi connectivity index (χ0) is 6.69. The van der Waals surface area contributed by atoms with Gasteiger partial charge in [-0.2, -0.15) is 0 Å². The van der Waals surface area contributed by atoms with Crippen LogP contribution in [0.25, 0.3) is 0 Å². The SMILES string of the molecule is C[B]c1cccc(F)c1.O.O. The fourth-order valence-corrected chi connectivity index (χ4v) is 0.686. The molecule has 0 aliphatic carbocycles. The molecule has 11 heavy (non-hydrogen) atoms. The molecule has 61 valence electrons. The molecule has 0 saturated heterocycles. The summed E-state index contributed by atoms with van der Waals surface area (Å²) in [6.07, 6.45) is 0. The van der Waals surface area contributed by atoms with E-state index in [4.69, 9.17) is 0 Å². The highest BCUT2D eigenvalue weighted by molar-refractivity contribution is 6.51. The van der Waals surface area contributed by atoms with Gasteiger partial charge in [-0.25, -0.2) is 4.39 Å². The van der Waals surface area contributed by atoms with Crippen molar-refractivity contribution in [1.29, 1.82) is 0 Å². The molecule has 0 spiro atoms. The minimum atomic E-state index is -0.175. The molecule has 0 aliphatic heterocycles. The fourth-order valence-electron chi connectivity index (χ4n) is 0.686. The summed E-state index contributed by atoms with van der Waals surface area (Å²) >= 11 is 0. The molecule has 0 saturated carbocycles. The average molecular weight is 157 g/mol. The van der Waals surface area contributed by atoms with Crippen molar-refractivity contribution in [2.45, 2.75) is 6.82 Å². The van der Waals surface area contributed by atoms with Crippen LogP contribution >= 0.6 is 0 Å². The van der Waals surface area contributed by atoms with Crippen LogP contribution in [0.4, 0.5) is 4.39 Å². The quantitative estimate of drug-likeness (QED) is 0.496. The molecular weight excluding hydrogens is 146 g/mol. The van der Waals surface area contributed by atoms with E-state index in [2.05, 4.69) is 0 Å². The van der Waals surface area contributed by atoms with Crippen LogP contribution in [0, 0.1) is 5.82 Å². The molecule has 0 amide bonds. The maximum Gasteiger partial charge on any atom is 0.148 e. The first-order chi connectivity index (χ1) is 4.33. The van der Waals surface area contributed by atoms with E-state index in [9.17, 15) is 4.39 Å². The molecule has 2 nitrogen and oxygen atoms in total. The Morgan fingerprint density at radius 3 is 2.27 bits per heavy atom. The first-order valence-electron chi connectivity index (χ1n) is 2.88. The van der Waals surface area contributed by atoms with Gasteiger partial charge >= 0.3 is 0 Å². The third-order valence-electron chi connectivity index (χ3n) is 1.18. The highest BCUT2D eigenvalue weighted by Crippen LogP contribution is 1.90. The topological polar surface area (TPSA) is 63.0 Å². The number of benzene rings is 1. The van der Waals surface area contributed by atoms with Crippen molar-refractivity contribution >= 4 is 12.7 Å². The summed E-state index contributed by atoms with van der Waals surface area (Å²) in [6.45, 7) is 1.88. The average Bonchev–Trinajstić information content (AvgIpc) is 1.88. The van der Waals surface area contributed by atoms with E-state index >= 15 is 0 Å². The second-order valence-electron chi connectivity index (χ2n) is 1.84. The maximum absolute atomic E-state index is 12.3. The standard InChI is InChI=1S/C7H7BF.2H2O/c1-8-6-3-2-4-7(9)5-6;;/h2-5H,1H3;2*1H2. The maximum atomic E-state index is 12.3. The number of halogens is 1. The fraction of sp³-hybridized carbons (Fsp3) is 0.143. The molecule has 1 aromatic rings. The molecule has 0 heterocycles. The van der Waals surface area contributed by atoms with Crippen LogP contribution in [0.5, 0.6) is 0 Å². The second-order valence-corrected chi connectivity index (χ2v) is 1.84. The second kappa shape index (κ2) is 5.89. The van der Waals surface area contributed by atoms with E-state index in [0.717, 1.165) is 5.46 Å². The first kappa shape index (κ1) is 12.8. The highest BCUT2D eigenvalue weighted by atomic mass is 19.1. The van der Waals surface area contributed by atoms with Crippen LogP contribution in [0.1, 0.15) is 0 Å². The molecule has 4 N–H and O–H groups in total. The minimum Gasteiger partial charge on any atom is -0.412 e. The zero-order valence-electron chi connectivity index (χ0n) is 6.26. The molecule has 4 heteroatoms. The van der Waals surface area contributed by atoms with Gasteiger partial charge in [0.25, 0.3) is 0 Å². The Morgan fingerprint density at radius 2 is 1.91 bits per heavy atom. The van der Waals surface area contributed by atoms with E-state index in [1.165, 1.54) is 12.1 Å². The van der Waals surface area contributed by atoms with Crippen LogP contribution in [0.3, 0.4) is 0 Å². The molecule has 0 atom stereocenters. The van der Waals surface area contributed by atoms with Crippen molar-refractivity contribution in [1.82, 2.24) is 0 Å². The molecular formula is C7H11BFO2. The van der Waals surface area contributed by atoms with Crippen molar-refractivity contribution in [2.24, 2.45) is 0 Å². The Morgan fingerprint density at radius 1 is 1.27 bits per heavy atom. The molecule has 0 bridgehead atoms. The van der Waals surface area contributed by atoms with E-state index in [0.29, 0.717) is 0 Å². The molecule has 1 aromatic carbocycles. The van der Waals surface area contributed by atoms with Crippen molar-refractivity contribution in [3.63, 3.8) is 0 Å². The van der Waals surface area contributed by atoms with Crippen molar-refractivity contribution in [3.8, 4) is 0 Å². The Hall–Kier alpha value is -0.865. The third kappa shape index (κ3) is 3.75. The monoisotopic (exact) mass is 157 g/mol. The highest BCUT2D eigenvalue weighted by Gasteiger charge is 1.90. The van der Waals surface area contributed by atoms with Gasteiger partial charge in [-0.05, 0) is 12.1 Å². The Labute approximate surface area is 65.9 Å². The van der Waals surface area contributed by atoms with Gasteiger partial charge in [-0.1, -0.05) is 24.4 Å². The van der Waals surface area contributed by atoms with E-state index in [1.54, 1.807) is 6.07 Å². The van der Waals surface area contributed by atoms with Crippen LogP contribution < -0.4 is 5.46 Å². The summed E-state index contributed by atoms with van der Waals surface area (Å²) in [7, 11) is 1.86. The summed E-state index contributed by atoms with van der Waals surface area (Å²) in [5.74, 6) is -0.175. The van der Waals surface area contributed by atoms with Gasteiger partial charge in [-0.15, -0.1) is 0 Å². The summed E-state index contributed by atoms with van der Waals surface area (Å²) in [6, 6.07) is 6.50. The minimum absolute atomic E-state index is 0. The molecule has 1 rings (SSSR count). The van der Waals surface area contributed by atoms with Crippen LogP contribution in [-0.4, -0.2) is 18.2 Å². The zero-order valence-corrected chi connectivity index (χ0v) is 6.26. The van der Waals surface area contributed by atoms with Gasteiger partial charge < -0.3 is 11.0 Å². The summed E-state index contributed by atoms with van der Waals surface area (Å²) in [4.78, 5) is 0. The van der Waals surface area contributed by atoms with Gasteiger partial charge in [0, 0.05) is 0 Å². The first-order valence-corrected chi connectivity index (χ1v) is 2.88. The van der Waals surface area contributed by atoms with Crippen molar-refractivity contribution in [3.05, 3.63) is 30.1 Å². The Bertz CT molecular complexity index is 205. The predicted molar refractivity (Wildman–Crippen MR) is 44.9 cm³/mol. The van der Waals surface area contributed by atoms with Gasteiger partial charge in [0.05, 0.1) is 0 Å². The van der Waals surface area contributed by atoms with Crippen LogP contribution in [0.15, 0.2) is 24.3 Å². The van der Waals surface area contributed by atoms with Crippen molar-refractivity contribution in [2.75, 3.05) is 0 Å². The van der Waals surface area contributed by atoms with E-state index in [1.807, 2.05) is 20.2 Å². The lowest BCUT2D eigenvalue weighted by molar-refractivity contribution is 0.629. The molecule has 0 aromatic heterocycles. The molecule has 1 radical (unpaired) electrons. The van der Waals surface area contributed by atoms with E-state index in [-0.39, 0.29) is 16.8 Å². The van der Waals surface area contributed by atoms with Crippen LogP contribution in [0.2, 0.25) is 6.82 Å². The van der Waals surface area contributed by atoms with Crippen molar-refractivity contribution < 1.29 is 15.3 Å². The van der Waals surface area contributed by atoms with Gasteiger partial charge in [0.2, 0.25) is 0 Å². The largest absolute Gasteiger partial charge is 0.412 e. The molecule has 0 fully saturated rings. The smallest absolute Gasteiger partial charge is 0.148 e. The Kier molecular flexibility index (Phi) is 6.84. The van der Waals surface area contributed by atoms with Gasteiger partial charge in [0.15, 0.2) is 0 Å². The molecule has 0 unspecified atom stereocenters. The van der Waals surface area contributed by atoms with Gasteiger partial charge in [0.1, 0.15) is 13.1 Å². The Balaban J connectivity index is 0. The number of hydrogen-bond donors (Lipinski definition) is 0. The number of rotatable bonds is 1. The predicted octanol–water partition coefficient (Wildman–Crippen LogP) is -0.446. The van der Waals surface area contributed by atoms with Gasteiger partial charge in [-0.3, -0.25) is 0 Å². The van der Waals surface area contributed by atoms with E-state index < -0.39 is 0 Å². The summed E-state index contributed by atoms with van der Waals surface area (Å²) < 4.78 is 12.3. The third-order valence-corrected chi connectivity index (χ3v) is 1.18. The normalized spacial score (nSPS) is 7.45. The molecule has 0 aliphatic rings. The number of hydrogen-bond acceptors (Lipinski definition) is 0. The summed E-state index contributed by atoms with van der Waals surface area (Å²) in [5, 5.41) is 0. The van der Waals surface area contributed by atoms with Crippen LogP contribution in [-0.2, 0) is 0 Å². The summed E-state index contributed by atoms with van der Waals surface area (Å²) in [5.41, 5.74) is 0.926. The lowest BCUT2D eigenvalue weighted by Crippen LogP contribution is -2.09. The lowest BCUT2D eigenvalue weighted by Gasteiger charge is -1.91. The lowest BCUT2D eigenvalue weighted by atomic mass is 9.73.